The van der Waals surface area contributed by atoms with E-state index in [0.29, 0.717) is 22.6 Å². The SMILES string of the molecule is COC(=O)c1cc(-c2nc3cc(-c4nccn4C)ccc3o2)ccn1. The van der Waals surface area contributed by atoms with Crippen LogP contribution in [0.5, 0.6) is 0 Å². The lowest BCUT2D eigenvalue weighted by Crippen LogP contribution is -2.03. The Bertz CT molecular complexity index is 1080. The van der Waals surface area contributed by atoms with Crippen LogP contribution in [-0.4, -0.2) is 32.6 Å². The minimum atomic E-state index is -0.505. The molecule has 1 aromatic carbocycles. The normalized spacial score (nSPS) is 11.0. The summed E-state index contributed by atoms with van der Waals surface area (Å²) in [6.07, 6.45) is 5.16. The molecule has 3 aromatic heterocycles. The zero-order valence-electron chi connectivity index (χ0n) is 13.6. The van der Waals surface area contributed by atoms with Crippen molar-refractivity contribution in [2.24, 2.45) is 7.05 Å². The number of benzene rings is 1. The van der Waals surface area contributed by atoms with Gasteiger partial charge in [-0.05, 0) is 30.3 Å². The number of aromatic nitrogens is 4. The first-order valence-corrected chi connectivity index (χ1v) is 7.59. The first kappa shape index (κ1) is 15.1. The Morgan fingerprint density at radius 2 is 2.00 bits per heavy atom. The molecular weight excluding hydrogens is 320 g/mol. The number of carbonyl (C=O) groups is 1. The molecule has 0 N–H and O–H groups in total. The van der Waals surface area contributed by atoms with Crippen LogP contribution in [0, 0.1) is 0 Å². The lowest BCUT2D eigenvalue weighted by molar-refractivity contribution is 0.0594. The van der Waals surface area contributed by atoms with Crippen LogP contribution >= 0.6 is 0 Å². The van der Waals surface area contributed by atoms with E-state index in [1.54, 1.807) is 18.3 Å². The van der Waals surface area contributed by atoms with Crippen LogP contribution in [0.3, 0.4) is 0 Å². The number of ether oxygens (including phenoxy) is 1. The maximum Gasteiger partial charge on any atom is 0.356 e. The number of methoxy groups -OCH3 is 1. The van der Waals surface area contributed by atoms with Gasteiger partial charge in [0.15, 0.2) is 5.58 Å². The van der Waals surface area contributed by atoms with Gasteiger partial charge in [0.2, 0.25) is 5.89 Å². The first-order valence-electron chi connectivity index (χ1n) is 7.59. The van der Waals surface area contributed by atoms with Crippen molar-refractivity contribution in [3.05, 3.63) is 54.6 Å². The zero-order chi connectivity index (χ0) is 17.4. The van der Waals surface area contributed by atoms with Gasteiger partial charge in [-0.2, -0.15) is 0 Å². The molecule has 0 fully saturated rings. The van der Waals surface area contributed by atoms with Gasteiger partial charge < -0.3 is 13.7 Å². The van der Waals surface area contributed by atoms with Crippen molar-refractivity contribution >= 4 is 17.1 Å². The average molecular weight is 334 g/mol. The van der Waals surface area contributed by atoms with Crippen molar-refractivity contribution in [1.29, 1.82) is 0 Å². The van der Waals surface area contributed by atoms with Crippen molar-refractivity contribution in [3.8, 4) is 22.8 Å². The van der Waals surface area contributed by atoms with Gasteiger partial charge in [-0.25, -0.2) is 19.7 Å². The third-order valence-corrected chi connectivity index (χ3v) is 3.87. The Morgan fingerprint density at radius 3 is 2.76 bits per heavy atom. The third kappa shape index (κ3) is 2.65. The van der Waals surface area contributed by atoms with E-state index >= 15 is 0 Å². The van der Waals surface area contributed by atoms with Crippen molar-refractivity contribution < 1.29 is 13.9 Å². The highest BCUT2D eigenvalue weighted by molar-refractivity contribution is 5.88. The number of aryl methyl sites for hydroxylation is 1. The molecule has 0 unspecified atom stereocenters. The predicted octanol–water partition coefficient (Wildman–Crippen LogP) is 3.08. The summed E-state index contributed by atoms with van der Waals surface area (Å²) in [4.78, 5) is 24.5. The number of esters is 1. The molecule has 0 radical (unpaired) electrons. The van der Waals surface area contributed by atoms with E-state index < -0.39 is 5.97 Å². The lowest BCUT2D eigenvalue weighted by atomic mass is 10.2. The number of hydrogen-bond donors (Lipinski definition) is 0. The fourth-order valence-corrected chi connectivity index (χ4v) is 2.61. The van der Waals surface area contributed by atoms with E-state index in [9.17, 15) is 4.79 Å². The number of oxazole rings is 1. The summed E-state index contributed by atoms with van der Waals surface area (Å²) in [5.41, 5.74) is 3.18. The number of pyridine rings is 1. The summed E-state index contributed by atoms with van der Waals surface area (Å²) in [7, 11) is 3.25. The first-order chi connectivity index (χ1) is 12.2. The van der Waals surface area contributed by atoms with Gasteiger partial charge in [-0.1, -0.05) is 0 Å². The summed E-state index contributed by atoms with van der Waals surface area (Å²) in [5, 5.41) is 0. The smallest absolute Gasteiger partial charge is 0.356 e. The second-order valence-corrected chi connectivity index (χ2v) is 5.48. The standard InChI is InChI=1S/C18H14N4O3/c1-22-8-7-20-16(22)11-3-4-15-13(9-11)21-17(25-15)12-5-6-19-14(10-12)18(23)24-2/h3-10H,1-2H3. The summed E-state index contributed by atoms with van der Waals surface area (Å²) in [5.74, 6) is 0.762. The number of rotatable bonds is 3. The van der Waals surface area contributed by atoms with E-state index in [-0.39, 0.29) is 5.69 Å². The van der Waals surface area contributed by atoms with Crippen LogP contribution in [0.2, 0.25) is 0 Å². The zero-order valence-corrected chi connectivity index (χ0v) is 13.6. The number of fused-ring (bicyclic) bond motifs is 1. The quantitative estimate of drug-likeness (QED) is 0.535. The molecule has 0 bridgehead atoms. The second-order valence-electron chi connectivity index (χ2n) is 5.48. The number of nitrogens with zero attached hydrogens (tertiary/aromatic N) is 4. The predicted molar refractivity (Wildman–Crippen MR) is 90.8 cm³/mol. The van der Waals surface area contributed by atoms with E-state index in [1.165, 1.54) is 13.3 Å². The molecule has 0 aliphatic carbocycles. The molecule has 0 atom stereocenters. The number of imidazole rings is 1. The van der Waals surface area contributed by atoms with E-state index in [4.69, 9.17) is 9.15 Å². The van der Waals surface area contributed by atoms with Gasteiger partial charge in [0, 0.05) is 36.8 Å². The second kappa shape index (κ2) is 5.86. The molecule has 3 heterocycles. The average Bonchev–Trinajstić information content (AvgIpc) is 3.26. The van der Waals surface area contributed by atoms with Gasteiger partial charge in [0.1, 0.15) is 17.0 Å². The molecular formula is C18H14N4O3. The maximum atomic E-state index is 11.6. The van der Waals surface area contributed by atoms with Crippen molar-refractivity contribution in [1.82, 2.24) is 19.5 Å². The van der Waals surface area contributed by atoms with Gasteiger partial charge in [-0.3, -0.25) is 0 Å². The molecule has 0 saturated carbocycles. The molecule has 25 heavy (non-hydrogen) atoms. The Balaban J connectivity index is 1.77. The van der Waals surface area contributed by atoms with E-state index in [1.807, 2.05) is 36.0 Å². The Morgan fingerprint density at radius 1 is 1.12 bits per heavy atom. The number of hydrogen-bond acceptors (Lipinski definition) is 6. The van der Waals surface area contributed by atoms with Gasteiger partial charge in [0.05, 0.1) is 7.11 Å². The Kier molecular flexibility index (Phi) is 3.53. The molecule has 0 saturated heterocycles. The highest BCUT2D eigenvalue weighted by Crippen LogP contribution is 2.27. The molecule has 4 aromatic rings. The van der Waals surface area contributed by atoms with Crippen LogP contribution in [-0.2, 0) is 11.8 Å². The van der Waals surface area contributed by atoms with Crippen LogP contribution in [0.15, 0.2) is 53.3 Å². The maximum absolute atomic E-state index is 11.6. The van der Waals surface area contributed by atoms with Crippen molar-refractivity contribution in [3.63, 3.8) is 0 Å². The molecule has 7 heteroatoms. The molecule has 0 aliphatic heterocycles. The highest BCUT2D eigenvalue weighted by Gasteiger charge is 2.14. The van der Waals surface area contributed by atoms with Crippen molar-refractivity contribution in [2.75, 3.05) is 7.11 Å². The fourth-order valence-electron chi connectivity index (χ4n) is 2.61. The molecule has 124 valence electrons. The van der Waals surface area contributed by atoms with Crippen LogP contribution in [0.1, 0.15) is 10.5 Å². The third-order valence-electron chi connectivity index (χ3n) is 3.87. The summed E-state index contributed by atoms with van der Waals surface area (Å²) >= 11 is 0. The van der Waals surface area contributed by atoms with Crippen LogP contribution < -0.4 is 0 Å². The fraction of sp³-hybridized carbons (Fsp3) is 0.111. The van der Waals surface area contributed by atoms with Gasteiger partial charge in [-0.15, -0.1) is 0 Å². The van der Waals surface area contributed by atoms with Gasteiger partial charge >= 0.3 is 5.97 Å². The molecule has 0 amide bonds. The lowest BCUT2D eigenvalue weighted by Gasteiger charge is -2.00. The summed E-state index contributed by atoms with van der Waals surface area (Å²) in [6, 6.07) is 9.05. The highest BCUT2D eigenvalue weighted by atomic mass is 16.5. The van der Waals surface area contributed by atoms with Gasteiger partial charge in [0.25, 0.3) is 0 Å². The van der Waals surface area contributed by atoms with E-state index in [0.717, 1.165) is 11.4 Å². The molecule has 0 aliphatic rings. The minimum Gasteiger partial charge on any atom is -0.464 e. The molecule has 7 nitrogen and oxygen atoms in total. The van der Waals surface area contributed by atoms with Crippen LogP contribution in [0.25, 0.3) is 33.9 Å². The Hall–Kier alpha value is -3.48. The van der Waals surface area contributed by atoms with E-state index in [2.05, 4.69) is 15.0 Å². The summed E-state index contributed by atoms with van der Waals surface area (Å²) in [6.45, 7) is 0. The number of carbonyl (C=O) groups excluding carboxylic acids is 1. The topological polar surface area (TPSA) is 83.0 Å². The molecule has 0 spiro atoms. The monoisotopic (exact) mass is 334 g/mol. The largest absolute Gasteiger partial charge is 0.464 e. The van der Waals surface area contributed by atoms with Crippen LogP contribution in [0.4, 0.5) is 0 Å². The Labute approximate surface area is 142 Å². The molecule has 4 rings (SSSR count). The van der Waals surface area contributed by atoms with Crippen molar-refractivity contribution in [2.45, 2.75) is 0 Å². The summed E-state index contributed by atoms with van der Waals surface area (Å²) < 4.78 is 12.4. The minimum absolute atomic E-state index is 0.205.